The van der Waals surface area contributed by atoms with Crippen molar-refractivity contribution in [3.8, 4) is 17.6 Å². The van der Waals surface area contributed by atoms with Crippen molar-refractivity contribution in [2.24, 2.45) is 0 Å². The summed E-state index contributed by atoms with van der Waals surface area (Å²) in [6, 6.07) is 13.1. The molecule has 2 aromatic carbocycles. The van der Waals surface area contributed by atoms with Gasteiger partial charge >= 0.3 is 6.18 Å². The molecule has 2 N–H and O–H groups in total. The molecule has 0 unspecified atom stereocenters. The van der Waals surface area contributed by atoms with Gasteiger partial charge in [-0.1, -0.05) is 12.0 Å². The lowest BCUT2D eigenvalue weighted by molar-refractivity contribution is -0.140. The molecule has 0 aliphatic carbocycles. The van der Waals surface area contributed by atoms with E-state index in [4.69, 9.17) is 9.47 Å². The Kier molecular flexibility index (Phi) is 8.50. The third kappa shape index (κ3) is 6.88. The Hall–Kier alpha value is -2.96. The molecule has 0 amide bonds. The van der Waals surface area contributed by atoms with E-state index in [1.165, 1.54) is 4.57 Å². The second-order valence-corrected chi connectivity index (χ2v) is 10.1. The molecule has 1 aromatic heterocycles. The van der Waals surface area contributed by atoms with Gasteiger partial charge in [-0.15, -0.1) is 11.8 Å². The van der Waals surface area contributed by atoms with Crippen LogP contribution in [0.3, 0.4) is 0 Å². The van der Waals surface area contributed by atoms with Gasteiger partial charge in [-0.3, -0.25) is 0 Å². The zero-order chi connectivity index (χ0) is 26.6. The number of benzene rings is 2. The van der Waals surface area contributed by atoms with Crippen LogP contribution in [0.1, 0.15) is 32.4 Å². The number of nitrogens with one attached hydrogen (secondary N) is 2. The molecule has 0 radical (unpaired) electrons. The van der Waals surface area contributed by atoms with Crippen molar-refractivity contribution in [3.05, 3.63) is 48.2 Å². The van der Waals surface area contributed by atoms with Crippen LogP contribution < -0.4 is 15.4 Å². The maximum absolute atomic E-state index is 13.5. The lowest BCUT2D eigenvalue weighted by atomic mass is 9.99. The van der Waals surface area contributed by atoms with Crippen molar-refractivity contribution >= 4 is 34.0 Å². The summed E-state index contributed by atoms with van der Waals surface area (Å²) >= 11 is 1.61. The second kappa shape index (κ2) is 11.6. The van der Waals surface area contributed by atoms with Crippen molar-refractivity contribution in [1.29, 1.82) is 0 Å². The number of anilines is 2. The third-order valence-corrected chi connectivity index (χ3v) is 7.06. The summed E-state index contributed by atoms with van der Waals surface area (Å²) in [5.74, 6) is 6.63. The number of fused-ring (bicyclic) bond motifs is 1. The molecule has 1 aliphatic heterocycles. The van der Waals surface area contributed by atoms with Crippen LogP contribution in [0.2, 0.25) is 0 Å². The summed E-state index contributed by atoms with van der Waals surface area (Å²) in [6.07, 6.45) is -0.464. The van der Waals surface area contributed by atoms with Crippen LogP contribution in [0.25, 0.3) is 10.9 Å². The summed E-state index contributed by atoms with van der Waals surface area (Å²) in [5.41, 5.74) is 2.41. The molecule has 0 spiro atoms. The highest BCUT2D eigenvalue weighted by molar-refractivity contribution is 7.98. The Bertz CT molecular complexity index is 1290. The van der Waals surface area contributed by atoms with Crippen LogP contribution in [0.4, 0.5) is 24.5 Å². The average Bonchev–Trinajstić information content (AvgIpc) is 3.18. The van der Waals surface area contributed by atoms with Crippen LogP contribution in [0.15, 0.2) is 47.4 Å². The lowest BCUT2D eigenvalue weighted by Crippen LogP contribution is -2.36. The van der Waals surface area contributed by atoms with Gasteiger partial charge in [0.25, 0.3) is 0 Å². The van der Waals surface area contributed by atoms with Gasteiger partial charge in [-0.2, -0.15) is 13.2 Å². The predicted molar refractivity (Wildman–Crippen MR) is 145 cm³/mol. The molecule has 0 saturated carbocycles. The topological polar surface area (TPSA) is 47.4 Å². The van der Waals surface area contributed by atoms with Gasteiger partial charge in [-0.25, -0.2) is 0 Å². The van der Waals surface area contributed by atoms with E-state index in [2.05, 4.69) is 22.5 Å². The summed E-state index contributed by atoms with van der Waals surface area (Å²) in [5, 5.41) is 7.47. The van der Waals surface area contributed by atoms with Crippen molar-refractivity contribution in [3.63, 3.8) is 0 Å². The average molecular weight is 532 g/mol. The first-order valence-corrected chi connectivity index (χ1v) is 13.4. The highest BCUT2D eigenvalue weighted by Crippen LogP contribution is 2.32. The Labute approximate surface area is 220 Å². The Morgan fingerprint density at radius 2 is 1.86 bits per heavy atom. The fourth-order valence-electron chi connectivity index (χ4n) is 4.83. The van der Waals surface area contributed by atoms with E-state index in [0.717, 1.165) is 34.5 Å². The molecule has 2 heterocycles. The summed E-state index contributed by atoms with van der Waals surface area (Å²) in [6.45, 7) is 3.23. The molecule has 37 heavy (non-hydrogen) atoms. The van der Waals surface area contributed by atoms with Gasteiger partial charge in [-0.05, 0) is 75.3 Å². The number of thioether (sulfide) groups is 1. The number of aromatic nitrogens is 1. The molecule has 1 aliphatic rings. The monoisotopic (exact) mass is 531 g/mol. The number of hydrogen-bond acceptors (Lipinski definition) is 5. The Balaban J connectivity index is 1.60. The largest absolute Gasteiger partial charge is 0.495 e. The molecular formula is C28H32F3N3O2S. The van der Waals surface area contributed by atoms with Gasteiger partial charge in [0, 0.05) is 22.0 Å². The highest BCUT2D eigenvalue weighted by atomic mass is 32.2. The standard InChI is InChI=1S/C28H32F3N3O2S/c1-18-13-20(14-19(2)36-18)33-24-8-5-9-26-23(24)15-21(34(26)17-28(29,30)31)7-6-12-32-25-11-10-22(37-4)16-27(25)35-3/h5,8-11,15-16,18-20,32-33H,12-14,17H2,1-4H3/t18-,19+,20+. The first-order valence-electron chi connectivity index (χ1n) is 12.2. The van der Waals surface area contributed by atoms with E-state index in [1.54, 1.807) is 37.1 Å². The molecule has 3 aromatic rings. The molecule has 0 bridgehead atoms. The maximum atomic E-state index is 13.5. The van der Waals surface area contributed by atoms with Crippen molar-refractivity contribution in [1.82, 2.24) is 4.57 Å². The third-order valence-electron chi connectivity index (χ3n) is 6.33. The van der Waals surface area contributed by atoms with Gasteiger partial charge < -0.3 is 24.7 Å². The predicted octanol–water partition coefficient (Wildman–Crippen LogP) is 6.77. The first kappa shape index (κ1) is 27.1. The minimum atomic E-state index is -4.37. The molecule has 3 atom stereocenters. The summed E-state index contributed by atoms with van der Waals surface area (Å²) in [7, 11) is 1.60. The number of ether oxygens (including phenoxy) is 2. The molecule has 4 rings (SSSR count). The number of methoxy groups -OCH3 is 1. The van der Waals surface area contributed by atoms with Crippen LogP contribution in [-0.2, 0) is 11.3 Å². The molecule has 1 fully saturated rings. The van der Waals surface area contributed by atoms with Crippen LogP contribution in [0.5, 0.6) is 5.75 Å². The first-order chi connectivity index (χ1) is 17.7. The number of nitrogens with zero attached hydrogens (tertiary/aromatic N) is 1. The molecule has 9 heteroatoms. The van der Waals surface area contributed by atoms with Gasteiger partial charge in [0.15, 0.2) is 0 Å². The smallest absolute Gasteiger partial charge is 0.406 e. The van der Waals surface area contributed by atoms with Crippen LogP contribution >= 0.6 is 11.8 Å². The number of rotatable bonds is 7. The summed E-state index contributed by atoms with van der Waals surface area (Å²) < 4.78 is 53.1. The van der Waals surface area contributed by atoms with Gasteiger partial charge in [0.2, 0.25) is 0 Å². The van der Waals surface area contributed by atoms with Gasteiger partial charge in [0.1, 0.15) is 12.3 Å². The number of hydrogen-bond donors (Lipinski definition) is 2. The lowest BCUT2D eigenvalue weighted by Gasteiger charge is -2.33. The van der Waals surface area contributed by atoms with E-state index in [-0.39, 0.29) is 24.8 Å². The highest BCUT2D eigenvalue weighted by Gasteiger charge is 2.30. The van der Waals surface area contributed by atoms with Crippen molar-refractivity contribution in [2.45, 2.75) is 62.6 Å². The molecule has 5 nitrogen and oxygen atoms in total. The van der Waals surface area contributed by atoms with Crippen LogP contribution in [-0.4, -0.2) is 48.9 Å². The molecular weight excluding hydrogens is 499 g/mol. The van der Waals surface area contributed by atoms with E-state index in [1.807, 2.05) is 44.4 Å². The van der Waals surface area contributed by atoms with E-state index < -0.39 is 12.7 Å². The minimum absolute atomic E-state index is 0.125. The van der Waals surface area contributed by atoms with E-state index >= 15 is 0 Å². The normalized spacial score (nSPS) is 19.8. The zero-order valence-electron chi connectivity index (χ0n) is 21.4. The quantitative estimate of drug-likeness (QED) is 0.260. The second-order valence-electron chi connectivity index (χ2n) is 9.26. The molecule has 198 valence electrons. The fraction of sp³-hybridized carbons (Fsp3) is 0.429. The SMILES string of the molecule is COc1cc(SC)ccc1NCC#Cc1cc2c(N[C@H]3C[C@@H](C)O[C@@H](C)C3)cccc2n1CC(F)(F)F. The number of halogens is 3. The van der Waals surface area contributed by atoms with Crippen LogP contribution in [0, 0.1) is 11.8 Å². The fourth-order valence-corrected chi connectivity index (χ4v) is 5.25. The Morgan fingerprint density at radius 3 is 2.54 bits per heavy atom. The maximum Gasteiger partial charge on any atom is 0.406 e. The van der Waals surface area contributed by atoms with Crippen molar-refractivity contribution in [2.75, 3.05) is 30.5 Å². The molecule has 1 saturated heterocycles. The van der Waals surface area contributed by atoms with E-state index in [0.29, 0.717) is 17.0 Å². The van der Waals surface area contributed by atoms with Gasteiger partial charge in [0.05, 0.1) is 42.8 Å². The van der Waals surface area contributed by atoms with Crippen molar-refractivity contribution < 1.29 is 22.6 Å². The minimum Gasteiger partial charge on any atom is -0.495 e. The Morgan fingerprint density at radius 1 is 1.11 bits per heavy atom. The number of alkyl halides is 3. The summed E-state index contributed by atoms with van der Waals surface area (Å²) in [4.78, 5) is 1.07. The van der Waals surface area contributed by atoms with E-state index in [9.17, 15) is 13.2 Å². The zero-order valence-corrected chi connectivity index (χ0v) is 22.2.